The molecular weight excluding hydrogens is 260 g/mol. The highest BCUT2D eigenvalue weighted by Crippen LogP contribution is 2.18. The zero-order valence-electron chi connectivity index (χ0n) is 11.9. The number of unbranched alkanes of at least 4 members (excludes halogenated alkanes) is 1. The maximum Gasteiger partial charge on any atom is 0.303 e. The molecule has 0 amide bonds. The standard InChI is InChI=1S/C8H12N2.C6H10O4/c1-10(2)8-6-4-3-5-7(8)9;7-5(8)3-1-2-4-6(9)10/h3-6H,9H2,1-2H3;1-4H2,(H,7,8)(H,9,10). The first kappa shape index (κ1) is 17.8. The van der Waals surface area contributed by atoms with Crippen LogP contribution in [0, 0.1) is 0 Å². The average Bonchev–Trinajstić information content (AvgIpc) is 2.35. The second kappa shape index (κ2) is 9.66. The quantitative estimate of drug-likeness (QED) is 0.545. The van der Waals surface area contributed by atoms with Crippen molar-refractivity contribution in [2.24, 2.45) is 0 Å². The van der Waals surface area contributed by atoms with Crippen molar-refractivity contribution in [2.45, 2.75) is 25.7 Å². The molecule has 0 bridgehead atoms. The summed E-state index contributed by atoms with van der Waals surface area (Å²) in [5.41, 5.74) is 7.58. The van der Waals surface area contributed by atoms with Gasteiger partial charge >= 0.3 is 11.9 Å². The van der Waals surface area contributed by atoms with E-state index in [1.165, 1.54) is 0 Å². The number of hydrogen-bond donors (Lipinski definition) is 3. The molecule has 0 aliphatic rings. The molecule has 0 aliphatic carbocycles. The fraction of sp³-hybridized carbons (Fsp3) is 0.429. The van der Waals surface area contributed by atoms with E-state index in [0.717, 1.165) is 11.4 Å². The second-order valence-corrected chi connectivity index (χ2v) is 4.45. The number of anilines is 2. The maximum atomic E-state index is 9.90. The summed E-state index contributed by atoms with van der Waals surface area (Å²) in [6.45, 7) is 0. The number of nitrogen functional groups attached to an aromatic ring is 1. The summed E-state index contributed by atoms with van der Waals surface area (Å²) in [5.74, 6) is -1.74. The van der Waals surface area contributed by atoms with Crippen LogP contribution in [0.3, 0.4) is 0 Å². The molecule has 112 valence electrons. The Labute approximate surface area is 118 Å². The largest absolute Gasteiger partial charge is 0.481 e. The van der Waals surface area contributed by atoms with Gasteiger partial charge in [-0.1, -0.05) is 12.1 Å². The van der Waals surface area contributed by atoms with Crippen LogP contribution < -0.4 is 10.6 Å². The first-order valence-corrected chi connectivity index (χ1v) is 6.30. The number of aliphatic carboxylic acids is 2. The van der Waals surface area contributed by atoms with Gasteiger partial charge in [-0.2, -0.15) is 0 Å². The van der Waals surface area contributed by atoms with Crippen LogP contribution in [0.2, 0.25) is 0 Å². The molecule has 0 unspecified atom stereocenters. The molecule has 6 heteroatoms. The smallest absolute Gasteiger partial charge is 0.303 e. The summed E-state index contributed by atoms with van der Waals surface area (Å²) in [6, 6.07) is 7.80. The summed E-state index contributed by atoms with van der Waals surface area (Å²) in [4.78, 5) is 21.8. The molecule has 4 N–H and O–H groups in total. The molecule has 0 heterocycles. The third-order valence-electron chi connectivity index (χ3n) is 2.45. The van der Waals surface area contributed by atoms with E-state index < -0.39 is 11.9 Å². The fourth-order valence-corrected chi connectivity index (χ4v) is 1.45. The number of benzene rings is 1. The Morgan fingerprint density at radius 1 is 1.05 bits per heavy atom. The summed E-state index contributed by atoms with van der Waals surface area (Å²) < 4.78 is 0. The average molecular weight is 282 g/mol. The van der Waals surface area contributed by atoms with Gasteiger partial charge < -0.3 is 20.8 Å². The lowest BCUT2D eigenvalue weighted by Gasteiger charge is -2.13. The Kier molecular flexibility index (Phi) is 8.58. The third kappa shape index (κ3) is 8.79. The van der Waals surface area contributed by atoms with Crippen molar-refractivity contribution in [3.8, 4) is 0 Å². The van der Waals surface area contributed by atoms with Crippen LogP contribution in [-0.4, -0.2) is 36.2 Å². The highest BCUT2D eigenvalue weighted by atomic mass is 16.4. The molecule has 0 saturated heterocycles. The van der Waals surface area contributed by atoms with Crippen LogP contribution in [0.4, 0.5) is 11.4 Å². The summed E-state index contributed by atoms with van der Waals surface area (Å²) in [6.07, 6.45) is 1.02. The zero-order valence-corrected chi connectivity index (χ0v) is 11.9. The topological polar surface area (TPSA) is 104 Å². The lowest BCUT2D eigenvalue weighted by molar-refractivity contribution is -0.139. The third-order valence-corrected chi connectivity index (χ3v) is 2.45. The predicted octanol–water partition coefficient (Wildman–Crippen LogP) is 2.05. The lowest BCUT2D eigenvalue weighted by atomic mass is 10.2. The van der Waals surface area contributed by atoms with Gasteiger partial charge in [0.2, 0.25) is 0 Å². The predicted molar refractivity (Wildman–Crippen MR) is 78.9 cm³/mol. The molecule has 0 saturated carbocycles. The summed E-state index contributed by atoms with van der Waals surface area (Å²) in [5, 5.41) is 16.3. The first-order chi connectivity index (χ1) is 9.34. The Balaban J connectivity index is 0.000000361. The van der Waals surface area contributed by atoms with Gasteiger partial charge in [-0.25, -0.2) is 0 Å². The normalized spacial score (nSPS) is 9.30. The SMILES string of the molecule is CN(C)c1ccccc1N.O=C(O)CCCCC(=O)O. The highest BCUT2D eigenvalue weighted by molar-refractivity contribution is 5.68. The van der Waals surface area contributed by atoms with E-state index in [1.54, 1.807) is 0 Å². The van der Waals surface area contributed by atoms with Crippen molar-refractivity contribution in [2.75, 3.05) is 24.7 Å². The van der Waals surface area contributed by atoms with E-state index in [1.807, 2.05) is 43.3 Å². The van der Waals surface area contributed by atoms with E-state index in [2.05, 4.69) is 0 Å². The van der Waals surface area contributed by atoms with Crippen molar-refractivity contribution in [1.29, 1.82) is 0 Å². The molecule has 0 atom stereocenters. The Morgan fingerprint density at radius 3 is 1.80 bits per heavy atom. The van der Waals surface area contributed by atoms with Crippen LogP contribution in [-0.2, 0) is 9.59 Å². The molecule has 0 fully saturated rings. The van der Waals surface area contributed by atoms with Crippen molar-refractivity contribution in [3.05, 3.63) is 24.3 Å². The minimum Gasteiger partial charge on any atom is -0.481 e. The number of carboxylic acids is 2. The lowest BCUT2D eigenvalue weighted by Crippen LogP contribution is -2.10. The van der Waals surface area contributed by atoms with Gasteiger partial charge in [0.15, 0.2) is 0 Å². The first-order valence-electron chi connectivity index (χ1n) is 6.30. The Hall–Kier alpha value is -2.24. The second-order valence-electron chi connectivity index (χ2n) is 4.45. The zero-order chi connectivity index (χ0) is 15.5. The molecule has 20 heavy (non-hydrogen) atoms. The van der Waals surface area contributed by atoms with Gasteiger partial charge in [-0.3, -0.25) is 9.59 Å². The van der Waals surface area contributed by atoms with Crippen LogP contribution in [0.5, 0.6) is 0 Å². The highest BCUT2D eigenvalue weighted by Gasteiger charge is 1.99. The number of para-hydroxylation sites is 2. The number of carboxylic acid groups (broad SMARTS) is 2. The van der Waals surface area contributed by atoms with E-state index in [-0.39, 0.29) is 12.8 Å². The Morgan fingerprint density at radius 2 is 1.50 bits per heavy atom. The number of nitrogens with zero attached hydrogens (tertiary/aromatic N) is 1. The van der Waals surface area contributed by atoms with Gasteiger partial charge in [0.05, 0.1) is 11.4 Å². The summed E-state index contributed by atoms with van der Waals surface area (Å²) in [7, 11) is 3.96. The van der Waals surface area contributed by atoms with E-state index in [4.69, 9.17) is 15.9 Å². The minimum atomic E-state index is -0.870. The van der Waals surface area contributed by atoms with E-state index in [0.29, 0.717) is 12.8 Å². The van der Waals surface area contributed by atoms with Gasteiger partial charge in [0.25, 0.3) is 0 Å². The molecule has 6 nitrogen and oxygen atoms in total. The number of hydrogen-bond acceptors (Lipinski definition) is 4. The van der Waals surface area contributed by atoms with E-state index in [9.17, 15) is 9.59 Å². The molecule has 0 aromatic heterocycles. The van der Waals surface area contributed by atoms with Crippen LogP contribution in [0.25, 0.3) is 0 Å². The molecule has 0 radical (unpaired) electrons. The molecule has 1 rings (SSSR count). The summed E-state index contributed by atoms with van der Waals surface area (Å²) >= 11 is 0. The van der Waals surface area contributed by atoms with Gasteiger partial charge in [-0.15, -0.1) is 0 Å². The Bertz CT molecular complexity index is 417. The van der Waals surface area contributed by atoms with Crippen molar-refractivity contribution in [1.82, 2.24) is 0 Å². The van der Waals surface area contributed by atoms with Crippen LogP contribution in [0.15, 0.2) is 24.3 Å². The minimum absolute atomic E-state index is 0.0628. The van der Waals surface area contributed by atoms with Crippen molar-refractivity contribution in [3.63, 3.8) is 0 Å². The maximum absolute atomic E-state index is 9.90. The monoisotopic (exact) mass is 282 g/mol. The van der Waals surface area contributed by atoms with Gasteiger partial charge in [-0.05, 0) is 25.0 Å². The van der Waals surface area contributed by atoms with Crippen LogP contribution >= 0.6 is 0 Å². The molecule has 1 aromatic carbocycles. The van der Waals surface area contributed by atoms with Crippen LogP contribution in [0.1, 0.15) is 25.7 Å². The molecular formula is C14H22N2O4. The van der Waals surface area contributed by atoms with Crippen molar-refractivity contribution >= 4 is 23.3 Å². The van der Waals surface area contributed by atoms with Crippen molar-refractivity contribution < 1.29 is 19.8 Å². The van der Waals surface area contributed by atoms with Gasteiger partial charge in [0, 0.05) is 26.9 Å². The number of carbonyl (C=O) groups is 2. The molecule has 0 spiro atoms. The van der Waals surface area contributed by atoms with Gasteiger partial charge in [0.1, 0.15) is 0 Å². The number of rotatable bonds is 6. The number of nitrogens with two attached hydrogens (primary N) is 1. The van der Waals surface area contributed by atoms with E-state index >= 15 is 0 Å². The fourth-order valence-electron chi connectivity index (χ4n) is 1.45. The molecule has 1 aromatic rings. The molecule has 0 aliphatic heterocycles.